The van der Waals surface area contributed by atoms with Gasteiger partial charge in [0.2, 0.25) is 0 Å². The molecule has 3 heterocycles. The third-order valence-corrected chi connectivity index (χ3v) is 2.94. The van der Waals surface area contributed by atoms with Gasteiger partial charge < -0.3 is 0 Å². The van der Waals surface area contributed by atoms with Gasteiger partial charge in [0.25, 0.3) is 0 Å². The molecule has 0 N–H and O–H groups in total. The molecule has 0 radical (unpaired) electrons. The SMILES string of the molecule is CC(Cl)c1nc2cccnc2n1-c1cnn(C)c1. The van der Waals surface area contributed by atoms with Crippen molar-refractivity contribution in [3.8, 4) is 5.69 Å². The molecule has 0 fully saturated rings. The van der Waals surface area contributed by atoms with E-state index < -0.39 is 0 Å². The van der Waals surface area contributed by atoms with Gasteiger partial charge in [-0.25, -0.2) is 9.97 Å². The Morgan fingerprint density at radius 3 is 2.89 bits per heavy atom. The number of pyridine rings is 1. The Bertz CT molecular complexity index is 697. The summed E-state index contributed by atoms with van der Waals surface area (Å²) in [6.45, 7) is 1.90. The Kier molecular flexibility index (Phi) is 2.56. The number of hydrogen-bond acceptors (Lipinski definition) is 3. The number of aryl methyl sites for hydroxylation is 1. The third-order valence-electron chi connectivity index (χ3n) is 2.75. The van der Waals surface area contributed by atoms with Crippen LogP contribution in [0.4, 0.5) is 0 Å². The highest BCUT2D eigenvalue weighted by Gasteiger charge is 2.17. The summed E-state index contributed by atoms with van der Waals surface area (Å²) in [5, 5.41) is 3.98. The number of aromatic nitrogens is 5. The zero-order valence-corrected chi connectivity index (χ0v) is 10.8. The Morgan fingerprint density at radius 2 is 2.22 bits per heavy atom. The fourth-order valence-electron chi connectivity index (χ4n) is 1.98. The second-order valence-electron chi connectivity index (χ2n) is 4.14. The van der Waals surface area contributed by atoms with Crippen molar-refractivity contribution in [3.05, 3.63) is 36.5 Å². The summed E-state index contributed by atoms with van der Waals surface area (Å²) >= 11 is 6.20. The number of halogens is 1. The predicted molar refractivity (Wildman–Crippen MR) is 69.9 cm³/mol. The molecule has 0 saturated heterocycles. The molecule has 18 heavy (non-hydrogen) atoms. The molecule has 0 amide bonds. The van der Waals surface area contributed by atoms with Gasteiger partial charge in [0.15, 0.2) is 5.65 Å². The lowest BCUT2D eigenvalue weighted by Gasteiger charge is -2.06. The second kappa shape index (κ2) is 4.10. The van der Waals surface area contributed by atoms with Gasteiger partial charge >= 0.3 is 0 Å². The van der Waals surface area contributed by atoms with Crippen molar-refractivity contribution in [2.45, 2.75) is 12.3 Å². The van der Waals surface area contributed by atoms with E-state index in [4.69, 9.17) is 11.6 Å². The summed E-state index contributed by atoms with van der Waals surface area (Å²) in [4.78, 5) is 8.90. The molecule has 92 valence electrons. The van der Waals surface area contributed by atoms with Crippen molar-refractivity contribution in [2.75, 3.05) is 0 Å². The summed E-state index contributed by atoms with van der Waals surface area (Å²) in [7, 11) is 1.87. The lowest BCUT2D eigenvalue weighted by molar-refractivity contribution is 0.766. The quantitative estimate of drug-likeness (QED) is 0.666. The van der Waals surface area contributed by atoms with Gasteiger partial charge in [-0.1, -0.05) is 0 Å². The average molecular weight is 262 g/mol. The maximum atomic E-state index is 6.20. The first-order valence-corrected chi connectivity index (χ1v) is 6.07. The van der Waals surface area contributed by atoms with E-state index in [1.807, 2.05) is 36.9 Å². The molecule has 0 aliphatic carbocycles. The van der Waals surface area contributed by atoms with Gasteiger partial charge in [0, 0.05) is 19.4 Å². The van der Waals surface area contributed by atoms with Crippen LogP contribution in [-0.2, 0) is 7.05 Å². The second-order valence-corrected chi connectivity index (χ2v) is 4.79. The molecule has 0 aliphatic heterocycles. The molecule has 0 aliphatic rings. The molecule has 6 heteroatoms. The summed E-state index contributed by atoms with van der Waals surface area (Å²) in [5.41, 5.74) is 2.55. The molecule has 0 saturated carbocycles. The molecular weight excluding hydrogens is 250 g/mol. The molecule has 3 aromatic heterocycles. The van der Waals surface area contributed by atoms with Crippen molar-refractivity contribution >= 4 is 22.8 Å². The number of nitrogens with zero attached hydrogens (tertiary/aromatic N) is 5. The third kappa shape index (κ3) is 1.67. The van der Waals surface area contributed by atoms with Gasteiger partial charge in [-0.2, -0.15) is 5.10 Å². The number of hydrogen-bond donors (Lipinski definition) is 0. The van der Waals surface area contributed by atoms with E-state index in [0.29, 0.717) is 0 Å². The molecule has 1 unspecified atom stereocenters. The van der Waals surface area contributed by atoms with E-state index in [9.17, 15) is 0 Å². The number of rotatable bonds is 2. The number of fused-ring (bicyclic) bond motifs is 1. The largest absolute Gasteiger partial charge is 0.276 e. The summed E-state index contributed by atoms with van der Waals surface area (Å²) < 4.78 is 3.69. The fraction of sp³-hybridized carbons (Fsp3) is 0.250. The Hall–Kier alpha value is -1.88. The van der Waals surface area contributed by atoms with Crippen molar-refractivity contribution in [2.24, 2.45) is 7.05 Å². The molecular formula is C12H12ClN5. The highest BCUT2D eigenvalue weighted by molar-refractivity contribution is 6.20. The van der Waals surface area contributed by atoms with Crippen LogP contribution in [0.15, 0.2) is 30.7 Å². The van der Waals surface area contributed by atoms with Crippen molar-refractivity contribution < 1.29 is 0 Å². The molecule has 0 spiro atoms. The average Bonchev–Trinajstić information content (AvgIpc) is 2.92. The zero-order valence-electron chi connectivity index (χ0n) is 10.1. The van der Waals surface area contributed by atoms with Crippen LogP contribution in [-0.4, -0.2) is 24.3 Å². The van der Waals surface area contributed by atoms with Crippen LogP contribution < -0.4 is 0 Å². The molecule has 3 aromatic rings. The summed E-state index contributed by atoms with van der Waals surface area (Å²) in [5.74, 6) is 0.776. The topological polar surface area (TPSA) is 48.5 Å². The minimum absolute atomic E-state index is 0.195. The molecule has 5 nitrogen and oxygen atoms in total. The van der Waals surface area contributed by atoms with Crippen LogP contribution >= 0.6 is 11.6 Å². The van der Waals surface area contributed by atoms with Crippen molar-refractivity contribution in [3.63, 3.8) is 0 Å². The van der Waals surface area contributed by atoms with Gasteiger partial charge in [-0.05, 0) is 19.1 Å². The smallest absolute Gasteiger partial charge is 0.164 e. The van der Waals surface area contributed by atoms with Crippen LogP contribution in [0.25, 0.3) is 16.9 Å². The standard InChI is InChI=1S/C12H12ClN5/c1-8(13)11-16-10-4-3-5-14-12(10)18(11)9-6-15-17(2)7-9/h3-8H,1-2H3. The maximum absolute atomic E-state index is 6.20. The van der Waals surface area contributed by atoms with Gasteiger partial charge in [-0.3, -0.25) is 9.25 Å². The summed E-state index contributed by atoms with van der Waals surface area (Å²) in [6, 6.07) is 3.80. The highest BCUT2D eigenvalue weighted by Crippen LogP contribution is 2.26. The Morgan fingerprint density at radius 1 is 1.39 bits per heavy atom. The zero-order chi connectivity index (χ0) is 12.7. The Labute approximate surface area is 109 Å². The lowest BCUT2D eigenvalue weighted by Crippen LogP contribution is -2.01. The van der Waals surface area contributed by atoms with E-state index in [0.717, 1.165) is 22.7 Å². The van der Waals surface area contributed by atoms with Crippen molar-refractivity contribution in [1.82, 2.24) is 24.3 Å². The van der Waals surface area contributed by atoms with E-state index >= 15 is 0 Å². The molecule has 1 atom stereocenters. The number of alkyl halides is 1. The predicted octanol–water partition coefficient (Wildman–Crippen LogP) is 2.45. The van der Waals surface area contributed by atoms with Crippen LogP contribution in [0.2, 0.25) is 0 Å². The van der Waals surface area contributed by atoms with E-state index in [1.165, 1.54) is 0 Å². The van der Waals surface area contributed by atoms with Crippen LogP contribution in [0.1, 0.15) is 18.1 Å². The van der Waals surface area contributed by atoms with Crippen molar-refractivity contribution in [1.29, 1.82) is 0 Å². The van der Waals surface area contributed by atoms with Crippen LogP contribution in [0, 0.1) is 0 Å². The molecule has 3 rings (SSSR count). The molecule has 0 aromatic carbocycles. The fourth-order valence-corrected chi connectivity index (χ4v) is 2.12. The van der Waals surface area contributed by atoms with Gasteiger partial charge in [0.05, 0.1) is 17.3 Å². The first kappa shape index (κ1) is 11.2. The number of imidazole rings is 1. The monoisotopic (exact) mass is 261 g/mol. The first-order chi connectivity index (χ1) is 8.66. The van der Waals surface area contributed by atoms with Gasteiger partial charge in [0.1, 0.15) is 11.3 Å². The van der Waals surface area contributed by atoms with E-state index in [-0.39, 0.29) is 5.38 Å². The summed E-state index contributed by atoms with van der Waals surface area (Å²) in [6.07, 6.45) is 5.44. The highest BCUT2D eigenvalue weighted by atomic mass is 35.5. The normalized spacial score (nSPS) is 13.1. The molecule has 0 bridgehead atoms. The van der Waals surface area contributed by atoms with E-state index in [2.05, 4.69) is 15.1 Å². The Balaban J connectivity index is 2.34. The van der Waals surface area contributed by atoms with E-state index in [1.54, 1.807) is 17.1 Å². The minimum atomic E-state index is -0.195. The lowest BCUT2D eigenvalue weighted by atomic mass is 10.4. The van der Waals surface area contributed by atoms with Crippen LogP contribution in [0.5, 0.6) is 0 Å². The minimum Gasteiger partial charge on any atom is -0.276 e. The van der Waals surface area contributed by atoms with Gasteiger partial charge in [-0.15, -0.1) is 11.6 Å². The maximum Gasteiger partial charge on any atom is 0.164 e. The first-order valence-electron chi connectivity index (χ1n) is 5.63. The van der Waals surface area contributed by atoms with Crippen LogP contribution in [0.3, 0.4) is 0 Å².